The highest BCUT2D eigenvalue weighted by Gasteiger charge is 2.25. The predicted molar refractivity (Wildman–Crippen MR) is 118 cm³/mol. The van der Waals surface area contributed by atoms with Gasteiger partial charge in [0, 0.05) is 12.6 Å². The standard InChI is InChI=1S/C25H22FNO5/c1-30-21-15-17(16-22(31-2)24(21)32-3)10-13-23(28)27-14-6-8-19(25(27)29)12-11-18-7-4-5-9-20(18)26/h4-5,7-10,13,15-16H,6,14H2,1-3H3. The van der Waals surface area contributed by atoms with Crippen molar-refractivity contribution in [3.63, 3.8) is 0 Å². The Labute approximate surface area is 185 Å². The molecule has 6 nitrogen and oxygen atoms in total. The Hall–Kier alpha value is -4.05. The summed E-state index contributed by atoms with van der Waals surface area (Å²) in [5.74, 6) is 5.21. The number of ether oxygens (including phenoxy) is 3. The molecule has 0 atom stereocenters. The minimum atomic E-state index is -0.514. The average molecular weight is 435 g/mol. The fraction of sp³-hybridized carbons (Fsp3) is 0.200. The summed E-state index contributed by atoms with van der Waals surface area (Å²) in [4.78, 5) is 26.5. The van der Waals surface area contributed by atoms with Gasteiger partial charge in [-0.2, -0.15) is 0 Å². The molecule has 1 aliphatic heterocycles. The van der Waals surface area contributed by atoms with Crippen LogP contribution in [0.3, 0.4) is 0 Å². The fourth-order valence-corrected chi connectivity index (χ4v) is 3.14. The Balaban J connectivity index is 1.78. The maximum atomic E-state index is 13.8. The van der Waals surface area contributed by atoms with Crippen molar-refractivity contribution in [3.05, 3.63) is 71.1 Å². The molecule has 1 aliphatic rings. The molecule has 0 fully saturated rings. The number of rotatable bonds is 5. The minimum absolute atomic E-state index is 0.161. The van der Waals surface area contributed by atoms with E-state index in [-0.39, 0.29) is 17.7 Å². The van der Waals surface area contributed by atoms with Crippen molar-refractivity contribution in [2.45, 2.75) is 6.42 Å². The van der Waals surface area contributed by atoms with Gasteiger partial charge in [0.15, 0.2) is 11.5 Å². The summed E-state index contributed by atoms with van der Waals surface area (Å²) < 4.78 is 29.7. The normalized spacial score (nSPS) is 13.3. The maximum Gasteiger partial charge on any atom is 0.268 e. The predicted octanol–water partition coefficient (Wildman–Crippen LogP) is 3.60. The van der Waals surface area contributed by atoms with Crippen LogP contribution in [0.5, 0.6) is 17.2 Å². The van der Waals surface area contributed by atoms with E-state index in [4.69, 9.17) is 14.2 Å². The van der Waals surface area contributed by atoms with Crippen molar-refractivity contribution < 1.29 is 28.2 Å². The number of hydrogen-bond donors (Lipinski definition) is 0. The van der Waals surface area contributed by atoms with Crippen LogP contribution in [0, 0.1) is 17.7 Å². The maximum absolute atomic E-state index is 13.8. The first-order valence-electron chi connectivity index (χ1n) is 9.79. The van der Waals surface area contributed by atoms with Gasteiger partial charge in [0.25, 0.3) is 11.8 Å². The number of methoxy groups -OCH3 is 3. The molecule has 7 heteroatoms. The highest BCUT2D eigenvalue weighted by molar-refractivity contribution is 6.11. The summed E-state index contributed by atoms with van der Waals surface area (Å²) in [6.07, 6.45) is 4.98. The second-order valence-electron chi connectivity index (χ2n) is 6.72. The number of imide groups is 1. The number of carbonyl (C=O) groups excluding carboxylic acids is 2. The highest BCUT2D eigenvalue weighted by atomic mass is 19.1. The first-order chi connectivity index (χ1) is 15.5. The number of halogens is 1. The summed E-state index contributed by atoms with van der Waals surface area (Å²) in [5, 5.41) is 0. The zero-order chi connectivity index (χ0) is 23.1. The second kappa shape index (κ2) is 10.3. The number of carbonyl (C=O) groups is 2. The molecule has 2 amide bonds. The molecule has 2 aromatic rings. The van der Waals surface area contributed by atoms with E-state index >= 15 is 0 Å². The molecule has 0 saturated heterocycles. The number of benzene rings is 2. The first-order valence-corrected chi connectivity index (χ1v) is 9.79. The fourth-order valence-electron chi connectivity index (χ4n) is 3.14. The molecule has 1 heterocycles. The Morgan fingerprint density at radius 1 is 1.06 bits per heavy atom. The third kappa shape index (κ3) is 4.98. The lowest BCUT2D eigenvalue weighted by molar-refractivity contribution is -0.139. The minimum Gasteiger partial charge on any atom is -0.493 e. The average Bonchev–Trinajstić information content (AvgIpc) is 2.81. The van der Waals surface area contributed by atoms with Crippen molar-refractivity contribution in [1.29, 1.82) is 0 Å². The molecule has 3 rings (SSSR count). The van der Waals surface area contributed by atoms with E-state index in [0.717, 1.165) is 4.90 Å². The Morgan fingerprint density at radius 3 is 2.38 bits per heavy atom. The van der Waals surface area contributed by atoms with Gasteiger partial charge in [-0.25, -0.2) is 4.39 Å². The molecule has 2 aromatic carbocycles. The largest absolute Gasteiger partial charge is 0.493 e. The number of nitrogens with zero attached hydrogens (tertiary/aromatic N) is 1. The summed E-state index contributed by atoms with van der Waals surface area (Å²) in [6, 6.07) is 9.42. The van der Waals surface area contributed by atoms with E-state index in [1.807, 2.05) is 0 Å². The molecule has 164 valence electrons. The van der Waals surface area contributed by atoms with Crippen molar-refractivity contribution >= 4 is 17.9 Å². The molecule has 0 unspecified atom stereocenters. The van der Waals surface area contributed by atoms with Gasteiger partial charge in [0.1, 0.15) is 5.82 Å². The van der Waals surface area contributed by atoms with Gasteiger partial charge in [-0.3, -0.25) is 14.5 Å². The van der Waals surface area contributed by atoms with E-state index in [1.165, 1.54) is 39.5 Å². The molecule has 32 heavy (non-hydrogen) atoms. The Kier molecular flexibility index (Phi) is 7.29. The Morgan fingerprint density at radius 2 is 1.75 bits per heavy atom. The molecular weight excluding hydrogens is 413 g/mol. The summed E-state index contributed by atoms with van der Waals surface area (Å²) >= 11 is 0. The molecule has 0 aromatic heterocycles. The van der Waals surface area contributed by atoms with Crippen LogP contribution in [-0.4, -0.2) is 44.6 Å². The van der Waals surface area contributed by atoms with Crippen LogP contribution in [0.4, 0.5) is 4.39 Å². The molecule has 0 bridgehead atoms. The molecule has 0 aliphatic carbocycles. The van der Waals surface area contributed by atoms with Crippen LogP contribution in [0.1, 0.15) is 17.5 Å². The van der Waals surface area contributed by atoms with Crippen LogP contribution < -0.4 is 14.2 Å². The van der Waals surface area contributed by atoms with Crippen LogP contribution in [0.25, 0.3) is 6.08 Å². The lowest BCUT2D eigenvalue weighted by Gasteiger charge is -2.22. The van der Waals surface area contributed by atoms with E-state index in [0.29, 0.717) is 29.2 Å². The second-order valence-corrected chi connectivity index (χ2v) is 6.72. The zero-order valence-corrected chi connectivity index (χ0v) is 18.0. The smallest absolute Gasteiger partial charge is 0.268 e. The van der Waals surface area contributed by atoms with E-state index in [2.05, 4.69) is 11.8 Å². The van der Waals surface area contributed by atoms with Gasteiger partial charge in [-0.05, 0) is 42.3 Å². The van der Waals surface area contributed by atoms with Gasteiger partial charge in [0.2, 0.25) is 5.75 Å². The number of hydrogen-bond acceptors (Lipinski definition) is 5. The van der Waals surface area contributed by atoms with Gasteiger partial charge >= 0.3 is 0 Å². The lowest BCUT2D eigenvalue weighted by atomic mass is 10.1. The topological polar surface area (TPSA) is 65.1 Å². The highest BCUT2D eigenvalue weighted by Crippen LogP contribution is 2.38. The molecule has 0 N–H and O–H groups in total. The molecular formula is C25H22FNO5. The van der Waals surface area contributed by atoms with Crippen molar-refractivity contribution in [2.75, 3.05) is 27.9 Å². The van der Waals surface area contributed by atoms with Crippen LogP contribution in [-0.2, 0) is 9.59 Å². The number of amides is 2. The Bertz CT molecular complexity index is 1130. The summed E-state index contributed by atoms with van der Waals surface area (Å²) in [5.41, 5.74) is 0.980. The first kappa shape index (κ1) is 22.6. The van der Waals surface area contributed by atoms with E-state index < -0.39 is 17.6 Å². The van der Waals surface area contributed by atoms with Crippen molar-refractivity contribution in [2.24, 2.45) is 0 Å². The summed E-state index contributed by atoms with van der Waals surface area (Å²) in [6.45, 7) is 0.238. The summed E-state index contributed by atoms with van der Waals surface area (Å²) in [7, 11) is 4.50. The van der Waals surface area contributed by atoms with Crippen molar-refractivity contribution in [3.8, 4) is 29.1 Å². The quantitative estimate of drug-likeness (QED) is 0.530. The molecule has 0 saturated carbocycles. The van der Waals surface area contributed by atoms with Gasteiger partial charge < -0.3 is 14.2 Å². The van der Waals surface area contributed by atoms with E-state index in [9.17, 15) is 14.0 Å². The molecule has 0 spiro atoms. The van der Waals surface area contributed by atoms with Crippen molar-refractivity contribution in [1.82, 2.24) is 4.90 Å². The van der Waals surface area contributed by atoms with Gasteiger partial charge in [-0.15, -0.1) is 0 Å². The van der Waals surface area contributed by atoms with Gasteiger partial charge in [0.05, 0.1) is 32.5 Å². The zero-order valence-electron chi connectivity index (χ0n) is 18.0. The SMILES string of the molecule is COc1cc(C=CC(=O)N2CCC=C(C#Cc3ccccc3F)C2=O)cc(OC)c1OC. The van der Waals surface area contributed by atoms with Crippen LogP contribution in [0.2, 0.25) is 0 Å². The lowest BCUT2D eigenvalue weighted by Crippen LogP contribution is -2.39. The third-order valence-corrected chi connectivity index (χ3v) is 4.75. The third-order valence-electron chi connectivity index (χ3n) is 4.75. The van der Waals surface area contributed by atoms with Crippen LogP contribution in [0.15, 0.2) is 54.1 Å². The monoisotopic (exact) mass is 435 g/mol. The molecule has 0 radical (unpaired) electrons. The van der Waals surface area contributed by atoms with Gasteiger partial charge in [-0.1, -0.05) is 30.0 Å². The van der Waals surface area contributed by atoms with Crippen LogP contribution >= 0.6 is 0 Å². The van der Waals surface area contributed by atoms with E-state index in [1.54, 1.807) is 36.4 Å².